The van der Waals surface area contributed by atoms with Gasteiger partial charge in [0.05, 0.1) is 12.7 Å². The number of morpholine rings is 1. The monoisotopic (exact) mass is 171 g/mol. The number of hydrogen-bond donors (Lipinski definition) is 0. The maximum atomic E-state index is 5.57. The molecule has 0 radical (unpaired) electrons. The predicted octanol–water partition coefficient (Wildman–Crippen LogP) is 1.89. The van der Waals surface area contributed by atoms with E-state index >= 15 is 0 Å². The van der Waals surface area contributed by atoms with Crippen LogP contribution in [0.1, 0.15) is 34.6 Å². The summed E-state index contributed by atoms with van der Waals surface area (Å²) < 4.78 is 5.57. The zero-order valence-corrected chi connectivity index (χ0v) is 8.92. The summed E-state index contributed by atoms with van der Waals surface area (Å²) in [6.45, 7) is 13.1. The summed E-state index contributed by atoms with van der Waals surface area (Å²) in [6, 6.07) is 0.541. The van der Waals surface area contributed by atoms with Gasteiger partial charge in [0, 0.05) is 18.1 Å². The van der Waals surface area contributed by atoms with E-state index in [0.29, 0.717) is 12.1 Å². The maximum absolute atomic E-state index is 5.57. The molecule has 2 atom stereocenters. The molecular weight excluding hydrogens is 150 g/mol. The summed E-state index contributed by atoms with van der Waals surface area (Å²) in [7, 11) is 0. The van der Waals surface area contributed by atoms with E-state index in [0.717, 1.165) is 13.2 Å². The first-order chi connectivity index (χ1) is 5.43. The van der Waals surface area contributed by atoms with Crippen molar-refractivity contribution >= 4 is 0 Å². The largest absolute Gasteiger partial charge is 0.376 e. The molecule has 1 saturated heterocycles. The molecule has 2 nitrogen and oxygen atoms in total. The Morgan fingerprint density at radius 2 is 1.83 bits per heavy atom. The molecule has 0 unspecified atom stereocenters. The lowest BCUT2D eigenvalue weighted by Gasteiger charge is -2.45. The molecule has 72 valence electrons. The summed E-state index contributed by atoms with van der Waals surface area (Å²) >= 11 is 0. The Balaban J connectivity index is 2.64. The number of hydrogen-bond acceptors (Lipinski definition) is 2. The molecular formula is C10H21NO. The third-order valence-electron chi connectivity index (χ3n) is 2.75. The normalized spacial score (nSPS) is 33.8. The van der Waals surface area contributed by atoms with Gasteiger partial charge in [-0.25, -0.2) is 0 Å². The van der Waals surface area contributed by atoms with Crippen LogP contribution in [0.15, 0.2) is 0 Å². The zero-order valence-electron chi connectivity index (χ0n) is 8.92. The van der Waals surface area contributed by atoms with E-state index in [1.165, 1.54) is 0 Å². The Kier molecular flexibility index (Phi) is 2.79. The first-order valence-electron chi connectivity index (χ1n) is 4.81. The van der Waals surface area contributed by atoms with E-state index in [1.807, 2.05) is 0 Å². The third kappa shape index (κ3) is 1.99. The van der Waals surface area contributed by atoms with Gasteiger partial charge in [-0.2, -0.15) is 0 Å². The van der Waals surface area contributed by atoms with Gasteiger partial charge in [-0.3, -0.25) is 4.90 Å². The Labute approximate surface area is 75.9 Å². The van der Waals surface area contributed by atoms with Crippen molar-refractivity contribution < 1.29 is 4.74 Å². The Bertz CT molecular complexity index is 150. The molecule has 1 rings (SSSR count). The lowest BCUT2D eigenvalue weighted by molar-refractivity contribution is -0.0870. The van der Waals surface area contributed by atoms with Crippen LogP contribution in [0.25, 0.3) is 0 Å². The molecule has 0 spiro atoms. The van der Waals surface area contributed by atoms with Crippen molar-refractivity contribution in [2.45, 2.75) is 52.3 Å². The van der Waals surface area contributed by atoms with Crippen LogP contribution >= 0.6 is 0 Å². The molecule has 1 fully saturated rings. The highest BCUT2D eigenvalue weighted by Gasteiger charge is 2.32. The summed E-state index contributed by atoms with van der Waals surface area (Å²) in [6.07, 6.45) is 0.373. The highest BCUT2D eigenvalue weighted by atomic mass is 16.5. The van der Waals surface area contributed by atoms with Crippen LogP contribution in [0.5, 0.6) is 0 Å². The number of ether oxygens (including phenoxy) is 1. The highest BCUT2D eigenvalue weighted by molar-refractivity contribution is 4.86. The van der Waals surface area contributed by atoms with Crippen LogP contribution in [-0.4, -0.2) is 35.7 Å². The molecule has 1 aliphatic heterocycles. The summed E-state index contributed by atoms with van der Waals surface area (Å²) in [5.41, 5.74) is 0.275. The van der Waals surface area contributed by atoms with Gasteiger partial charge >= 0.3 is 0 Å². The topological polar surface area (TPSA) is 12.5 Å². The minimum absolute atomic E-state index is 0.275. The van der Waals surface area contributed by atoms with Crippen LogP contribution in [0.3, 0.4) is 0 Å². The second-order valence-electron chi connectivity index (χ2n) is 4.68. The van der Waals surface area contributed by atoms with E-state index in [2.05, 4.69) is 39.5 Å². The first-order valence-corrected chi connectivity index (χ1v) is 4.81. The summed E-state index contributed by atoms with van der Waals surface area (Å²) in [5, 5.41) is 0. The average Bonchev–Trinajstić information content (AvgIpc) is 1.92. The van der Waals surface area contributed by atoms with Crippen molar-refractivity contribution in [3.63, 3.8) is 0 Å². The molecule has 12 heavy (non-hydrogen) atoms. The quantitative estimate of drug-likeness (QED) is 0.552. The smallest absolute Gasteiger partial charge is 0.0700 e. The lowest BCUT2D eigenvalue weighted by Crippen LogP contribution is -2.56. The molecule has 0 N–H and O–H groups in total. The van der Waals surface area contributed by atoms with Crippen LogP contribution in [0, 0.1) is 0 Å². The van der Waals surface area contributed by atoms with Gasteiger partial charge in [-0.1, -0.05) is 0 Å². The zero-order chi connectivity index (χ0) is 9.35. The Morgan fingerprint density at radius 3 is 2.25 bits per heavy atom. The number of rotatable bonds is 0. The molecule has 0 aromatic carbocycles. The van der Waals surface area contributed by atoms with Crippen molar-refractivity contribution in [3.05, 3.63) is 0 Å². The van der Waals surface area contributed by atoms with E-state index in [1.54, 1.807) is 0 Å². The molecule has 0 amide bonds. The van der Waals surface area contributed by atoms with Gasteiger partial charge in [0.1, 0.15) is 0 Å². The van der Waals surface area contributed by atoms with Crippen molar-refractivity contribution in [2.75, 3.05) is 13.2 Å². The molecule has 0 saturated carbocycles. The predicted molar refractivity (Wildman–Crippen MR) is 51.3 cm³/mol. The molecule has 1 heterocycles. The Morgan fingerprint density at radius 1 is 1.25 bits per heavy atom. The summed E-state index contributed by atoms with van der Waals surface area (Å²) in [4.78, 5) is 2.52. The minimum atomic E-state index is 0.275. The van der Waals surface area contributed by atoms with Gasteiger partial charge in [-0.15, -0.1) is 0 Å². The fourth-order valence-corrected chi connectivity index (χ4v) is 1.88. The molecule has 0 aromatic rings. The van der Waals surface area contributed by atoms with Gasteiger partial charge in [0.25, 0.3) is 0 Å². The highest BCUT2D eigenvalue weighted by Crippen LogP contribution is 2.22. The van der Waals surface area contributed by atoms with E-state index in [-0.39, 0.29) is 5.54 Å². The second kappa shape index (κ2) is 3.35. The molecule has 2 heteroatoms. The van der Waals surface area contributed by atoms with Crippen LogP contribution in [0.4, 0.5) is 0 Å². The third-order valence-corrected chi connectivity index (χ3v) is 2.75. The van der Waals surface area contributed by atoms with Crippen LogP contribution < -0.4 is 0 Å². The lowest BCUT2D eigenvalue weighted by atomic mass is 10.00. The van der Waals surface area contributed by atoms with Crippen molar-refractivity contribution in [1.29, 1.82) is 0 Å². The van der Waals surface area contributed by atoms with E-state index in [4.69, 9.17) is 4.74 Å². The molecule has 0 aliphatic carbocycles. The van der Waals surface area contributed by atoms with Crippen LogP contribution in [-0.2, 0) is 4.74 Å². The molecule has 1 aliphatic rings. The van der Waals surface area contributed by atoms with Gasteiger partial charge < -0.3 is 4.74 Å². The standard InChI is InChI=1S/C10H21NO/c1-8-9(2)12-7-6-11(8)10(3,4)5/h8-9H,6-7H2,1-5H3/t8-,9-/m1/s1. The fourth-order valence-electron chi connectivity index (χ4n) is 1.88. The van der Waals surface area contributed by atoms with Gasteiger partial charge in [0.2, 0.25) is 0 Å². The molecule has 0 aromatic heterocycles. The van der Waals surface area contributed by atoms with E-state index in [9.17, 15) is 0 Å². The van der Waals surface area contributed by atoms with Crippen molar-refractivity contribution in [3.8, 4) is 0 Å². The number of nitrogens with zero attached hydrogens (tertiary/aromatic N) is 1. The summed E-state index contributed by atoms with van der Waals surface area (Å²) in [5.74, 6) is 0. The first kappa shape index (κ1) is 10.0. The maximum Gasteiger partial charge on any atom is 0.0700 e. The van der Waals surface area contributed by atoms with Crippen molar-refractivity contribution in [2.24, 2.45) is 0 Å². The SMILES string of the molecule is C[C@@H]1[C@@H](C)OCCN1C(C)(C)C. The van der Waals surface area contributed by atoms with Gasteiger partial charge in [0.15, 0.2) is 0 Å². The average molecular weight is 171 g/mol. The van der Waals surface area contributed by atoms with Crippen LogP contribution in [0.2, 0.25) is 0 Å². The fraction of sp³-hybridized carbons (Fsp3) is 1.00. The van der Waals surface area contributed by atoms with E-state index < -0.39 is 0 Å². The van der Waals surface area contributed by atoms with Gasteiger partial charge in [-0.05, 0) is 34.6 Å². The Hall–Kier alpha value is -0.0800. The second-order valence-corrected chi connectivity index (χ2v) is 4.68. The molecule has 0 bridgehead atoms. The minimum Gasteiger partial charge on any atom is -0.376 e. The van der Waals surface area contributed by atoms with Crippen molar-refractivity contribution in [1.82, 2.24) is 4.90 Å².